The normalized spacial score (nSPS) is 16.6. The molecule has 2 aromatic carbocycles. The first-order valence-electron chi connectivity index (χ1n) is 9.12. The zero-order valence-corrected chi connectivity index (χ0v) is 17.0. The van der Waals surface area contributed by atoms with Gasteiger partial charge in [0.1, 0.15) is 5.75 Å². The van der Waals surface area contributed by atoms with E-state index in [4.69, 9.17) is 21.4 Å². The average Bonchev–Trinajstić information content (AvgIpc) is 2.66. The first-order valence-corrected chi connectivity index (χ1v) is 9.49. The van der Waals surface area contributed by atoms with Crippen molar-refractivity contribution < 1.29 is 19.7 Å². The van der Waals surface area contributed by atoms with Crippen LogP contribution < -0.4 is 10.1 Å². The fourth-order valence-electron chi connectivity index (χ4n) is 3.47. The third kappa shape index (κ3) is 6.38. The van der Waals surface area contributed by atoms with Gasteiger partial charge in [-0.05, 0) is 72.7 Å². The van der Waals surface area contributed by atoms with Gasteiger partial charge in [-0.2, -0.15) is 0 Å². The molecule has 0 spiro atoms. The van der Waals surface area contributed by atoms with Crippen molar-refractivity contribution in [2.45, 2.75) is 25.4 Å². The lowest BCUT2D eigenvalue weighted by Gasteiger charge is -2.26. The molecule has 0 bridgehead atoms. The summed E-state index contributed by atoms with van der Waals surface area (Å²) in [6.45, 7) is 0.966. The highest BCUT2D eigenvalue weighted by Gasteiger charge is 2.19. The summed E-state index contributed by atoms with van der Waals surface area (Å²) in [5.74, 6) is 0.0907. The van der Waals surface area contributed by atoms with Gasteiger partial charge in [-0.1, -0.05) is 29.8 Å². The fourth-order valence-corrected chi connectivity index (χ4v) is 3.67. The largest absolute Gasteiger partial charge is 0.482 e. The van der Waals surface area contributed by atoms with E-state index < -0.39 is 12.1 Å². The van der Waals surface area contributed by atoms with E-state index in [0.717, 1.165) is 31.4 Å². The maximum absolute atomic E-state index is 10.6. The highest BCUT2D eigenvalue weighted by Crippen LogP contribution is 2.28. The third-order valence-corrected chi connectivity index (χ3v) is 5.11. The van der Waals surface area contributed by atoms with Gasteiger partial charge in [-0.25, -0.2) is 4.79 Å². The Morgan fingerprint density at radius 3 is 2.82 bits per heavy atom. The summed E-state index contributed by atoms with van der Waals surface area (Å²) in [5.41, 5.74) is 3.32. The van der Waals surface area contributed by atoms with Crippen molar-refractivity contribution in [1.82, 2.24) is 5.32 Å². The molecule has 0 radical (unpaired) electrons. The first kappa shape index (κ1) is 22.5. The molecule has 0 saturated carbocycles. The van der Waals surface area contributed by atoms with E-state index >= 15 is 0 Å². The molecule has 2 aromatic rings. The van der Waals surface area contributed by atoms with E-state index in [9.17, 15) is 9.90 Å². The summed E-state index contributed by atoms with van der Waals surface area (Å²) in [6, 6.07) is 13.1. The SMILES string of the molecule is Cl.O=C(O)COc1ccc2c(c1)CC(CNCC(O)c1cccc(Cl)c1)CC2. The number of carbonyl (C=O) groups is 1. The predicted octanol–water partition coefficient (Wildman–Crippen LogP) is 3.65. The molecule has 5 nitrogen and oxygen atoms in total. The number of halogens is 2. The van der Waals surface area contributed by atoms with Crippen LogP contribution in [0.4, 0.5) is 0 Å². The molecular formula is C21H25Cl2NO4. The summed E-state index contributed by atoms with van der Waals surface area (Å²) in [5, 5.41) is 23.0. The van der Waals surface area contributed by atoms with E-state index in [2.05, 4.69) is 5.32 Å². The van der Waals surface area contributed by atoms with Crippen molar-refractivity contribution in [3.8, 4) is 5.75 Å². The number of hydrogen-bond acceptors (Lipinski definition) is 4. The number of fused-ring (bicyclic) bond motifs is 1. The molecule has 3 rings (SSSR count). The van der Waals surface area contributed by atoms with Crippen molar-refractivity contribution >= 4 is 30.0 Å². The minimum absolute atomic E-state index is 0. The number of aliphatic hydroxyl groups excluding tert-OH is 1. The Morgan fingerprint density at radius 2 is 2.07 bits per heavy atom. The monoisotopic (exact) mass is 425 g/mol. The zero-order chi connectivity index (χ0) is 19.2. The van der Waals surface area contributed by atoms with Crippen LogP contribution >= 0.6 is 24.0 Å². The number of ether oxygens (including phenoxy) is 1. The van der Waals surface area contributed by atoms with Crippen LogP contribution in [0.15, 0.2) is 42.5 Å². The van der Waals surface area contributed by atoms with Gasteiger partial charge in [0, 0.05) is 11.6 Å². The van der Waals surface area contributed by atoms with E-state index in [1.165, 1.54) is 11.1 Å². The average molecular weight is 426 g/mol. The summed E-state index contributed by atoms with van der Waals surface area (Å²) < 4.78 is 5.28. The second-order valence-electron chi connectivity index (χ2n) is 6.95. The Kier molecular flexibility index (Phi) is 8.58. The number of aliphatic carboxylic acids is 1. The number of nitrogens with one attached hydrogen (secondary N) is 1. The van der Waals surface area contributed by atoms with Crippen LogP contribution in [-0.4, -0.2) is 35.9 Å². The Balaban J connectivity index is 0.00000280. The molecule has 1 aliphatic carbocycles. The van der Waals surface area contributed by atoms with E-state index in [1.54, 1.807) is 12.1 Å². The highest BCUT2D eigenvalue weighted by atomic mass is 35.5. The van der Waals surface area contributed by atoms with E-state index in [0.29, 0.717) is 23.2 Å². The number of carboxylic acids is 1. The van der Waals surface area contributed by atoms with Crippen LogP contribution in [0.2, 0.25) is 5.02 Å². The Morgan fingerprint density at radius 1 is 1.25 bits per heavy atom. The van der Waals surface area contributed by atoms with Crippen molar-refractivity contribution in [2.24, 2.45) is 5.92 Å². The lowest BCUT2D eigenvalue weighted by atomic mass is 9.83. The van der Waals surface area contributed by atoms with Gasteiger partial charge >= 0.3 is 5.97 Å². The van der Waals surface area contributed by atoms with Crippen LogP contribution in [0.5, 0.6) is 5.75 Å². The molecule has 0 heterocycles. The lowest BCUT2D eigenvalue weighted by molar-refractivity contribution is -0.139. The number of benzene rings is 2. The number of hydrogen-bond donors (Lipinski definition) is 3. The number of aryl methyl sites for hydroxylation is 1. The van der Waals surface area contributed by atoms with Gasteiger partial charge in [-0.3, -0.25) is 0 Å². The third-order valence-electron chi connectivity index (χ3n) is 4.87. The topological polar surface area (TPSA) is 78.8 Å². The Bertz CT molecular complexity index is 800. The van der Waals surface area contributed by atoms with Crippen LogP contribution in [-0.2, 0) is 17.6 Å². The molecular weight excluding hydrogens is 401 g/mol. The van der Waals surface area contributed by atoms with E-state index in [1.807, 2.05) is 30.3 Å². The fraction of sp³-hybridized carbons (Fsp3) is 0.381. The molecule has 7 heteroatoms. The van der Waals surface area contributed by atoms with Crippen LogP contribution in [0.3, 0.4) is 0 Å². The highest BCUT2D eigenvalue weighted by molar-refractivity contribution is 6.30. The maximum atomic E-state index is 10.6. The van der Waals surface area contributed by atoms with Gasteiger partial charge in [0.15, 0.2) is 6.61 Å². The summed E-state index contributed by atoms with van der Waals surface area (Å²) in [6.07, 6.45) is 2.41. The molecule has 3 N–H and O–H groups in total. The zero-order valence-electron chi connectivity index (χ0n) is 15.4. The van der Waals surface area contributed by atoms with Gasteiger partial charge in [0.25, 0.3) is 0 Å². The molecule has 0 amide bonds. The Hall–Kier alpha value is -1.79. The summed E-state index contributed by atoms with van der Waals surface area (Å²) in [7, 11) is 0. The number of carboxylic acid groups (broad SMARTS) is 1. The molecule has 1 aliphatic rings. The maximum Gasteiger partial charge on any atom is 0.341 e. The molecule has 0 aliphatic heterocycles. The van der Waals surface area contributed by atoms with Gasteiger partial charge in [-0.15, -0.1) is 12.4 Å². The molecule has 2 atom stereocenters. The van der Waals surface area contributed by atoms with Crippen LogP contribution in [0.25, 0.3) is 0 Å². The van der Waals surface area contributed by atoms with Crippen molar-refractivity contribution in [2.75, 3.05) is 19.7 Å². The second-order valence-corrected chi connectivity index (χ2v) is 7.39. The molecule has 0 fully saturated rings. The number of aliphatic hydroxyl groups is 1. The summed E-state index contributed by atoms with van der Waals surface area (Å²) >= 11 is 5.97. The van der Waals surface area contributed by atoms with Crippen LogP contribution in [0.1, 0.15) is 29.2 Å². The van der Waals surface area contributed by atoms with Crippen molar-refractivity contribution in [1.29, 1.82) is 0 Å². The lowest BCUT2D eigenvalue weighted by Crippen LogP contribution is -2.30. The Labute approximate surface area is 176 Å². The van der Waals surface area contributed by atoms with Crippen molar-refractivity contribution in [3.05, 3.63) is 64.2 Å². The van der Waals surface area contributed by atoms with Crippen molar-refractivity contribution in [3.63, 3.8) is 0 Å². The minimum Gasteiger partial charge on any atom is -0.482 e. The standard InChI is InChI=1S/C21H24ClNO4.ClH/c22-18-3-1-2-16(9-18)20(24)12-23-11-14-4-5-15-6-7-19(10-17(15)8-14)27-13-21(25)26;/h1-3,6-7,9-10,14,20,23-24H,4-5,8,11-13H2,(H,25,26);1H. The second kappa shape index (κ2) is 10.7. The van der Waals surface area contributed by atoms with Gasteiger partial charge in [0.05, 0.1) is 6.10 Å². The molecule has 0 aromatic heterocycles. The van der Waals surface area contributed by atoms with Gasteiger partial charge in [0.2, 0.25) is 0 Å². The predicted molar refractivity (Wildman–Crippen MR) is 112 cm³/mol. The smallest absolute Gasteiger partial charge is 0.341 e. The molecule has 28 heavy (non-hydrogen) atoms. The molecule has 152 valence electrons. The quantitative estimate of drug-likeness (QED) is 0.601. The van der Waals surface area contributed by atoms with Crippen LogP contribution in [0, 0.1) is 5.92 Å². The minimum atomic E-state index is -0.979. The number of rotatable bonds is 8. The van der Waals surface area contributed by atoms with E-state index in [-0.39, 0.29) is 19.0 Å². The molecule has 2 unspecified atom stereocenters. The molecule has 0 saturated heterocycles. The first-order chi connectivity index (χ1) is 13.0. The van der Waals surface area contributed by atoms with Gasteiger partial charge < -0.3 is 20.3 Å². The summed E-state index contributed by atoms with van der Waals surface area (Å²) in [4.78, 5) is 10.6.